The minimum absolute atomic E-state index is 0.547. The number of nitrogens with zero attached hydrogens (tertiary/aromatic N) is 4. The summed E-state index contributed by atoms with van der Waals surface area (Å²) in [6.45, 7) is 0.591. The number of fused-ring (bicyclic) bond motifs is 1. The summed E-state index contributed by atoms with van der Waals surface area (Å²) in [5, 5.41) is 7.68. The van der Waals surface area contributed by atoms with Crippen molar-refractivity contribution >= 4 is 11.6 Å². The normalized spacial score (nSPS) is 10.7. The van der Waals surface area contributed by atoms with Gasteiger partial charge in [0.1, 0.15) is 12.1 Å². The van der Waals surface area contributed by atoms with Crippen molar-refractivity contribution in [3.8, 4) is 22.8 Å². The van der Waals surface area contributed by atoms with E-state index < -0.39 is 0 Å². The summed E-state index contributed by atoms with van der Waals surface area (Å²) in [6.07, 6.45) is 1.50. The molecule has 0 saturated carbocycles. The fraction of sp³-hybridized carbons (Fsp3) is 0.150. The lowest BCUT2D eigenvalue weighted by atomic mass is 10.1. The monoisotopic (exact) mass is 361 g/mol. The largest absolute Gasteiger partial charge is 0.493 e. The van der Waals surface area contributed by atoms with Crippen LogP contribution in [0.1, 0.15) is 5.56 Å². The molecule has 1 N–H and O–H groups in total. The summed E-state index contributed by atoms with van der Waals surface area (Å²) in [5.74, 6) is 2.76. The van der Waals surface area contributed by atoms with Crippen molar-refractivity contribution in [2.75, 3.05) is 19.5 Å². The van der Waals surface area contributed by atoms with Crippen LogP contribution in [0.5, 0.6) is 11.5 Å². The van der Waals surface area contributed by atoms with Crippen LogP contribution in [0.2, 0.25) is 0 Å². The fourth-order valence-electron chi connectivity index (χ4n) is 2.88. The summed E-state index contributed by atoms with van der Waals surface area (Å²) >= 11 is 0. The van der Waals surface area contributed by atoms with E-state index in [4.69, 9.17) is 9.47 Å². The minimum atomic E-state index is 0.547. The third kappa shape index (κ3) is 3.39. The molecule has 0 aliphatic rings. The lowest BCUT2D eigenvalue weighted by Gasteiger charge is -2.12. The lowest BCUT2D eigenvalue weighted by Crippen LogP contribution is -2.07. The van der Waals surface area contributed by atoms with Gasteiger partial charge in [0, 0.05) is 18.2 Å². The molecule has 7 heteroatoms. The van der Waals surface area contributed by atoms with Gasteiger partial charge < -0.3 is 14.8 Å². The number of anilines is 1. The molecule has 2 heterocycles. The van der Waals surface area contributed by atoms with Gasteiger partial charge in [-0.3, -0.25) is 0 Å². The second-order valence-electron chi connectivity index (χ2n) is 5.91. The van der Waals surface area contributed by atoms with Crippen molar-refractivity contribution in [3.05, 3.63) is 66.5 Å². The Hall–Kier alpha value is -3.61. The Labute approximate surface area is 156 Å². The van der Waals surface area contributed by atoms with Crippen LogP contribution in [0.3, 0.4) is 0 Å². The molecule has 0 unspecified atom stereocenters. The SMILES string of the molecule is COc1ccc(CNc2cc(-c3ccccc3)nc3ncnn23)cc1OC. The maximum absolute atomic E-state index is 5.37. The summed E-state index contributed by atoms with van der Waals surface area (Å²) in [4.78, 5) is 8.82. The van der Waals surface area contributed by atoms with Crippen LogP contribution in [0.25, 0.3) is 17.0 Å². The third-order valence-electron chi connectivity index (χ3n) is 4.24. The number of aromatic nitrogens is 4. The fourth-order valence-corrected chi connectivity index (χ4v) is 2.88. The average Bonchev–Trinajstić information content (AvgIpc) is 3.21. The first-order valence-corrected chi connectivity index (χ1v) is 8.49. The summed E-state index contributed by atoms with van der Waals surface area (Å²) in [5.41, 5.74) is 2.92. The molecule has 4 aromatic rings. The maximum atomic E-state index is 5.37. The number of methoxy groups -OCH3 is 2. The van der Waals surface area contributed by atoms with Crippen molar-refractivity contribution in [2.24, 2.45) is 0 Å². The van der Waals surface area contributed by atoms with E-state index in [2.05, 4.69) is 20.4 Å². The summed E-state index contributed by atoms with van der Waals surface area (Å²) < 4.78 is 12.4. The van der Waals surface area contributed by atoms with Crippen LogP contribution in [-0.4, -0.2) is 33.8 Å². The second kappa shape index (κ2) is 7.33. The standard InChI is InChI=1S/C20H19N5O2/c1-26-17-9-8-14(10-18(17)27-2)12-21-19-11-16(15-6-4-3-5-7-15)24-20-22-13-23-25(19)20/h3-11,13,21H,12H2,1-2H3. The van der Waals surface area contributed by atoms with Crippen molar-refractivity contribution in [1.82, 2.24) is 19.6 Å². The van der Waals surface area contributed by atoms with Crippen LogP contribution in [0.15, 0.2) is 60.9 Å². The molecule has 0 aliphatic carbocycles. The molecule has 0 saturated heterocycles. The molecule has 0 spiro atoms. The molecule has 0 fully saturated rings. The van der Waals surface area contributed by atoms with Gasteiger partial charge in [-0.2, -0.15) is 14.6 Å². The van der Waals surface area contributed by atoms with Gasteiger partial charge in [0.15, 0.2) is 11.5 Å². The Kier molecular flexibility index (Phi) is 4.57. The molecule has 2 aromatic carbocycles. The molecular formula is C20H19N5O2. The Bertz CT molecular complexity index is 1060. The van der Waals surface area contributed by atoms with E-state index in [9.17, 15) is 0 Å². The predicted octanol–water partition coefficient (Wildman–Crippen LogP) is 3.42. The third-order valence-corrected chi connectivity index (χ3v) is 4.24. The number of benzene rings is 2. The lowest BCUT2D eigenvalue weighted by molar-refractivity contribution is 0.354. The molecule has 0 radical (unpaired) electrons. The van der Waals surface area contributed by atoms with E-state index >= 15 is 0 Å². The maximum Gasteiger partial charge on any atom is 0.254 e. The van der Waals surface area contributed by atoms with E-state index in [-0.39, 0.29) is 0 Å². The summed E-state index contributed by atoms with van der Waals surface area (Å²) in [7, 11) is 3.25. The van der Waals surface area contributed by atoms with Crippen LogP contribution >= 0.6 is 0 Å². The van der Waals surface area contributed by atoms with E-state index in [1.165, 1.54) is 6.33 Å². The van der Waals surface area contributed by atoms with Gasteiger partial charge in [-0.05, 0) is 17.7 Å². The van der Waals surface area contributed by atoms with E-state index in [1.54, 1.807) is 18.7 Å². The first kappa shape index (κ1) is 16.8. The van der Waals surface area contributed by atoms with Crippen molar-refractivity contribution in [3.63, 3.8) is 0 Å². The molecule has 4 rings (SSSR count). The van der Waals surface area contributed by atoms with E-state index in [0.29, 0.717) is 23.8 Å². The highest BCUT2D eigenvalue weighted by Crippen LogP contribution is 2.28. The van der Waals surface area contributed by atoms with Crippen molar-refractivity contribution in [1.29, 1.82) is 0 Å². The minimum Gasteiger partial charge on any atom is -0.493 e. The van der Waals surface area contributed by atoms with Gasteiger partial charge >= 0.3 is 0 Å². The number of nitrogens with one attached hydrogen (secondary N) is 1. The number of ether oxygens (including phenoxy) is 2. The van der Waals surface area contributed by atoms with Gasteiger partial charge in [0.25, 0.3) is 5.78 Å². The zero-order chi connectivity index (χ0) is 18.6. The predicted molar refractivity (Wildman–Crippen MR) is 103 cm³/mol. The van der Waals surface area contributed by atoms with Crippen LogP contribution < -0.4 is 14.8 Å². The first-order valence-electron chi connectivity index (χ1n) is 8.49. The Morgan fingerprint density at radius 2 is 1.78 bits per heavy atom. The Balaban J connectivity index is 1.65. The molecule has 0 bridgehead atoms. The zero-order valence-electron chi connectivity index (χ0n) is 15.1. The number of hydrogen-bond donors (Lipinski definition) is 1. The molecule has 2 aromatic heterocycles. The Morgan fingerprint density at radius 1 is 0.963 bits per heavy atom. The number of hydrogen-bond acceptors (Lipinski definition) is 6. The van der Waals surface area contributed by atoms with E-state index in [1.807, 2.05) is 54.6 Å². The topological polar surface area (TPSA) is 73.6 Å². The molecule has 136 valence electrons. The average molecular weight is 361 g/mol. The van der Waals surface area contributed by atoms with E-state index in [0.717, 1.165) is 22.6 Å². The molecule has 7 nitrogen and oxygen atoms in total. The Morgan fingerprint density at radius 3 is 2.56 bits per heavy atom. The quantitative estimate of drug-likeness (QED) is 0.567. The smallest absolute Gasteiger partial charge is 0.254 e. The summed E-state index contributed by atoms with van der Waals surface area (Å²) in [6, 6.07) is 17.8. The highest BCUT2D eigenvalue weighted by atomic mass is 16.5. The van der Waals surface area contributed by atoms with Gasteiger partial charge in [-0.25, -0.2) is 4.98 Å². The van der Waals surface area contributed by atoms with Gasteiger partial charge in [0.2, 0.25) is 0 Å². The van der Waals surface area contributed by atoms with Crippen LogP contribution in [0.4, 0.5) is 5.82 Å². The van der Waals surface area contributed by atoms with Gasteiger partial charge in [0.05, 0.1) is 19.9 Å². The van der Waals surface area contributed by atoms with Crippen LogP contribution in [-0.2, 0) is 6.54 Å². The van der Waals surface area contributed by atoms with Crippen molar-refractivity contribution in [2.45, 2.75) is 6.54 Å². The molecular weight excluding hydrogens is 342 g/mol. The molecule has 27 heavy (non-hydrogen) atoms. The second-order valence-corrected chi connectivity index (χ2v) is 5.91. The first-order chi connectivity index (χ1) is 13.3. The molecule has 0 amide bonds. The number of rotatable bonds is 6. The molecule has 0 atom stereocenters. The zero-order valence-corrected chi connectivity index (χ0v) is 15.1. The van der Waals surface area contributed by atoms with Crippen molar-refractivity contribution < 1.29 is 9.47 Å². The van der Waals surface area contributed by atoms with Gasteiger partial charge in [-0.15, -0.1) is 0 Å². The van der Waals surface area contributed by atoms with Crippen LogP contribution in [0, 0.1) is 0 Å². The van der Waals surface area contributed by atoms with Gasteiger partial charge in [-0.1, -0.05) is 36.4 Å². The molecule has 0 aliphatic heterocycles. The highest BCUT2D eigenvalue weighted by molar-refractivity contribution is 5.65. The highest BCUT2D eigenvalue weighted by Gasteiger charge is 2.10.